The van der Waals surface area contributed by atoms with E-state index in [0.717, 1.165) is 25.2 Å². The lowest BCUT2D eigenvalue weighted by atomic mass is 10.2. The normalized spacial score (nSPS) is 11.1. The second-order valence-corrected chi connectivity index (χ2v) is 3.19. The van der Waals surface area contributed by atoms with Crippen molar-refractivity contribution < 1.29 is 0 Å². The van der Waals surface area contributed by atoms with Gasteiger partial charge in [0, 0.05) is 13.1 Å². The monoisotopic (exact) mass is 182 g/mol. The van der Waals surface area contributed by atoms with Gasteiger partial charge in [-0.1, -0.05) is 13.8 Å². The Labute approximate surface area is 79.4 Å². The Balaban J connectivity index is 2.38. The summed E-state index contributed by atoms with van der Waals surface area (Å²) in [7, 11) is 1.91. The van der Waals surface area contributed by atoms with E-state index in [1.165, 1.54) is 0 Å². The van der Waals surface area contributed by atoms with Gasteiger partial charge in [-0.05, 0) is 12.8 Å². The number of aromatic nitrogens is 3. The van der Waals surface area contributed by atoms with E-state index in [1.807, 2.05) is 7.05 Å². The lowest BCUT2D eigenvalue weighted by Crippen LogP contribution is -2.28. The van der Waals surface area contributed by atoms with Gasteiger partial charge < -0.3 is 5.32 Å². The zero-order valence-corrected chi connectivity index (χ0v) is 8.62. The van der Waals surface area contributed by atoms with Crippen LogP contribution in [0.3, 0.4) is 0 Å². The van der Waals surface area contributed by atoms with Crippen LogP contribution in [0.5, 0.6) is 0 Å². The van der Waals surface area contributed by atoms with E-state index < -0.39 is 0 Å². The molecular weight excluding hydrogens is 164 g/mol. The van der Waals surface area contributed by atoms with Gasteiger partial charge in [-0.25, -0.2) is 4.98 Å². The van der Waals surface area contributed by atoms with Gasteiger partial charge in [-0.2, -0.15) is 5.10 Å². The van der Waals surface area contributed by atoms with Gasteiger partial charge in [0.05, 0.1) is 6.54 Å². The molecule has 1 N–H and O–H groups in total. The SMILES string of the molecule is CCC(CC)NCc1ncnn1C. The summed E-state index contributed by atoms with van der Waals surface area (Å²) in [5, 5.41) is 7.45. The van der Waals surface area contributed by atoms with Gasteiger partial charge >= 0.3 is 0 Å². The van der Waals surface area contributed by atoms with Crippen LogP contribution in [-0.4, -0.2) is 20.8 Å². The fourth-order valence-electron chi connectivity index (χ4n) is 1.29. The minimum Gasteiger partial charge on any atom is -0.307 e. The molecule has 0 spiro atoms. The van der Waals surface area contributed by atoms with Crippen molar-refractivity contribution in [2.24, 2.45) is 7.05 Å². The average molecular weight is 182 g/mol. The van der Waals surface area contributed by atoms with Crippen LogP contribution in [0.2, 0.25) is 0 Å². The fourth-order valence-corrected chi connectivity index (χ4v) is 1.29. The summed E-state index contributed by atoms with van der Waals surface area (Å²) in [6.07, 6.45) is 3.91. The third kappa shape index (κ3) is 2.81. The molecule has 0 unspecified atom stereocenters. The van der Waals surface area contributed by atoms with E-state index in [4.69, 9.17) is 0 Å². The van der Waals surface area contributed by atoms with Gasteiger partial charge in [0.15, 0.2) is 0 Å². The predicted molar refractivity (Wildman–Crippen MR) is 52.2 cm³/mol. The van der Waals surface area contributed by atoms with Crippen molar-refractivity contribution >= 4 is 0 Å². The molecule has 1 heterocycles. The van der Waals surface area contributed by atoms with E-state index in [9.17, 15) is 0 Å². The van der Waals surface area contributed by atoms with Gasteiger partial charge in [-0.3, -0.25) is 4.68 Å². The standard InChI is InChI=1S/C9H18N4/c1-4-8(5-2)10-6-9-11-7-12-13(9)3/h7-8,10H,4-6H2,1-3H3. The number of rotatable bonds is 5. The molecule has 0 aliphatic rings. The smallest absolute Gasteiger partial charge is 0.140 e. The van der Waals surface area contributed by atoms with Crippen LogP contribution in [0.4, 0.5) is 0 Å². The summed E-state index contributed by atoms with van der Waals surface area (Å²) in [6, 6.07) is 0.594. The molecule has 0 saturated heterocycles. The number of hydrogen-bond donors (Lipinski definition) is 1. The molecule has 0 aliphatic carbocycles. The van der Waals surface area contributed by atoms with Crippen LogP contribution >= 0.6 is 0 Å². The average Bonchev–Trinajstić information content (AvgIpc) is 2.54. The molecule has 0 bridgehead atoms. The second-order valence-electron chi connectivity index (χ2n) is 3.19. The van der Waals surface area contributed by atoms with E-state index in [0.29, 0.717) is 6.04 Å². The topological polar surface area (TPSA) is 42.7 Å². The Bertz CT molecular complexity index is 240. The molecule has 74 valence electrons. The van der Waals surface area contributed by atoms with Crippen molar-refractivity contribution in [2.45, 2.75) is 39.3 Å². The van der Waals surface area contributed by atoms with Gasteiger partial charge in [0.1, 0.15) is 12.2 Å². The molecule has 0 atom stereocenters. The largest absolute Gasteiger partial charge is 0.307 e. The van der Waals surface area contributed by atoms with Gasteiger partial charge in [0.2, 0.25) is 0 Å². The summed E-state index contributed by atoms with van der Waals surface area (Å²) in [6.45, 7) is 5.19. The van der Waals surface area contributed by atoms with Crippen molar-refractivity contribution in [3.8, 4) is 0 Å². The van der Waals surface area contributed by atoms with Crippen molar-refractivity contribution in [1.82, 2.24) is 20.1 Å². The van der Waals surface area contributed by atoms with Crippen LogP contribution in [0.1, 0.15) is 32.5 Å². The molecule has 0 fully saturated rings. The highest BCUT2D eigenvalue weighted by atomic mass is 15.3. The molecule has 13 heavy (non-hydrogen) atoms. The first-order valence-electron chi connectivity index (χ1n) is 4.84. The molecule has 0 aromatic carbocycles. The van der Waals surface area contributed by atoms with Crippen LogP contribution in [0, 0.1) is 0 Å². The molecule has 4 heteroatoms. The van der Waals surface area contributed by atoms with Crippen LogP contribution in [0.15, 0.2) is 6.33 Å². The van der Waals surface area contributed by atoms with E-state index in [2.05, 4.69) is 29.2 Å². The molecule has 0 saturated carbocycles. The Kier molecular flexibility index (Phi) is 3.89. The second kappa shape index (κ2) is 4.97. The summed E-state index contributed by atoms with van der Waals surface area (Å²) < 4.78 is 1.80. The highest BCUT2D eigenvalue weighted by molar-refractivity contribution is 4.83. The number of aryl methyl sites for hydroxylation is 1. The van der Waals surface area contributed by atoms with Crippen LogP contribution in [0.25, 0.3) is 0 Å². The summed E-state index contributed by atoms with van der Waals surface area (Å²) in [4.78, 5) is 4.15. The van der Waals surface area contributed by atoms with Crippen molar-refractivity contribution in [3.63, 3.8) is 0 Å². The predicted octanol–water partition coefficient (Wildman–Crippen LogP) is 1.09. The fraction of sp³-hybridized carbons (Fsp3) is 0.778. The first-order valence-corrected chi connectivity index (χ1v) is 4.84. The summed E-state index contributed by atoms with van der Waals surface area (Å²) in [5.74, 6) is 0.993. The Morgan fingerprint density at radius 3 is 2.62 bits per heavy atom. The third-order valence-corrected chi connectivity index (χ3v) is 2.34. The molecule has 1 aromatic heterocycles. The summed E-state index contributed by atoms with van der Waals surface area (Å²) >= 11 is 0. The number of hydrogen-bond acceptors (Lipinski definition) is 3. The third-order valence-electron chi connectivity index (χ3n) is 2.34. The van der Waals surface area contributed by atoms with E-state index in [1.54, 1.807) is 11.0 Å². The molecule has 4 nitrogen and oxygen atoms in total. The molecule has 1 rings (SSSR count). The maximum Gasteiger partial charge on any atom is 0.140 e. The van der Waals surface area contributed by atoms with E-state index in [-0.39, 0.29) is 0 Å². The highest BCUT2D eigenvalue weighted by Crippen LogP contribution is 1.98. The number of nitrogens with one attached hydrogen (secondary N) is 1. The zero-order chi connectivity index (χ0) is 9.68. The molecule has 0 aliphatic heterocycles. The Morgan fingerprint density at radius 2 is 2.15 bits per heavy atom. The van der Waals surface area contributed by atoms with Crippen molar-refractivity contribution in [2.75, 3.05) is 0 Å². The van der Waals surface area contributed by atoms with Crippen LogP contribution in [-0.2, 0) is 13.6 Å². The van der Waals surface area contributed by atoms with Crippen molar-refractivity contribution in [3.05, 3.63) is 12.2 Å². The lowest BCUT2D eigenvalue weighted by molar-refractivity contribution is 0.468. The van der Waals surface area contributed by atoms with Crippen molar-refractivity contribution in [1.29, 1.82) is 0 Å². The van der Waals surface area contributed by atoms with Crippen LogP contribution < -0.4 is 5.32 Å². The van der Waals surface area contributed by atoms with Gasteiger partial charge in [0.25, 0.3) is 0 Å². The highest BCUT2D eigenvalue weighted by Gasteiger charge is 2.04. The maximum absolute atomic E-state index is 4.15. The molecule has 1 aromatic rings. The van der Waals surface area contributed by atoms with E-state index >= 15 is 0 Å². The molecule has 0 radical (unpaired) electrons. The first kappa shape index (κ1) is 10.2. The molecular formula is C9H18N4. The summed E-state index contributed by atoms with van der Waals surface area (Å²) in [5.41, 5.74) is 0. The number of nitrogens with zero attached hydrogens (tertiary/aromatic N) is 3. The first-order chi connectivity index (χ1) is 6.27. The maximum atomic E-state index is 4.15. The zero-order valence-electron chi connectivity index (χ0n) is 8.62. The molecule has 0 amide bonds. The lowest BCUT2D eigenvalue weighted by Gasteiger charge is -2.13. The van der Waals surface area contributed by atoms with Gasteiger partial charge in [-0.15, -0.1) is 0 Å². The Hall–Kier alpha value is -0.900. The Morgan fingerprint density at radius 1 is 1.46 bits per heavy atom. The minimum absolute atomic E-state index is 0.594. The minimum atomic E-state index is 0.594. The quantitative estimate of drug-likeness (QED) is 0.741.